The molecule has 2 atom stereocenters. The van der Waals surface area contributed by atoms with Gasteiger partial charge in [-0.15, -0.1) is 0 Å². The third-order valence-electron chi connectivity index (χ3n) is 4.17. The molecule has 0 aromatic heterocycles. The van der Waals surface area contributed by atoms with E-state index in [1.165, 1.54) is 12.1 Å². The van der Waals surface area contributed by atoms with Crippen molar-refractivity contribution in [3.05, 3.63) is 64.7 Å². The molecule has 2 unspecified atom stereocenters. The number of carbonyl (C=O) groups is 1. The maximum atomic E-state index is 13.3. The first-order chi connectivity index (χ1) is 12.9. The Bertz CT molecular complexity index is 816. The molecule has 2 aromatic rings. The van der Waals surface area contributed by atoms with Gasteiger partial charge in [-0.1, -0.05) is 54.9 Å². The summed E-state index contributed by atoms with van der Waals surface area (Å²) in [6.45, 7) is 0.848. The van der Waals surface area contributed by atoms with Crippen LogP contribution in [0.3, 0.4) is 0 Å². The Hall–Kier alpha value is -2.22. The molecule has 0 heterocycles. The normalized spacial score (nSPS) is 14.4. The van der Waals surface area contributed by atoms with Gasteiger partial charge in [0.25, 0.3) is 0 Å². The average Bonchev–Trinajstić information content (AvgIpc) is 2.56. The zero-order valence-electron chi connectivity index (χ0n) is 14.5. The summed E-state index contributed by atoms with van der Waals surface area (Å²) in [4.78, 5) is 12.6. The Morgan fingerprint density at radius 3 is 2.07 bits per heavy atom. The fourth-order valence-corrected chi connectivity index (χ4v) is 2.89. The van der Waals surface area contributed by atoms with Gasteiger partial charge in [-0.05, 0) is 23.3 Å². The Labute approximate surface area is 162 Å². The van der Waals surface area contributed by atoms with Crippen molar-refractivity contribution in [1.82, 2.24) is 0 Å². The minimum Gasteiger partial charge on any atom is -0.324 e. The van der Waals surface area contributed by atoms with E-state index in [-0.39, 0.29) is 21.8 Å². The summed E-state index contributed by atoms with van der Waals surface area (Å²) < 4.78 is 77.3. The second-order valence-electron chi connectivity index (χ2n) is 6.31. The van der Waals surface area contributed by atoms with Crippen LogP contribution in [-0.2, 0) is 11.2 Å². The molecular weight excluding hydrogens is 408 g/mol. The number of para-hydroxylation sites is 1. The number of benzene rings is 2. The minimum absolute atomic E-state index is 0.0414. The Morgan fingerprint density at radius 1 is 1.00 bits per heavy atom. The molecule has 0 saturated carbocycles. The van der Waals surface area contributed by atoms with Crippen LogP contribution in [0.15, 0.2) is 48.5 Å². The van der Waals surface area contributed by atoms with E-state index in [2.05, 4.69) is 5.32 Å². The molecule has 0 spiro atoms. The molecule has 28 heavy (non-hydrogen) atoms. The number of hydrogen-bond donors (Lipinski definition) is 1. The molecule has 0 saturated heterocycles. The van der Waals surface area contributed by atoms with Gasteiger partial charge in [-0.3, -0.25) is 4.79 Å². The van der Waals surface area contributed by atoms with Crippen molar-refractivity contribution in [2.24, 2.45) is 5.92 Å². The van der Waals surface area contributed by atoms with E-state index < -0.39 is 36.5 Å². The minimum atomic E-state index is -4.69. The van der Waals surface area contributed by atoms with Gasteiger partial charge in [0.05, 0.1) is 29.0 Å². The molecule has 2 rings (SSSR count). The van der Waals surface area contributed by atoms with Crippen LogP contribution in [0.4, 0.5) is 32.0 Å². The SMILES string of the molecule is CC(C(C(=O)Nc1ccccc1Cl)c1ccc(CC(F)(F)F)cc1)C(F)(F)F. The number of carbonyl (C=O) groups excluding carboxylic acids is 1. The predicted octanol–water partition coefficient (Wildman–Crippen LogP) is 6.37. The third kappa shape index (κ3) is 5.89. The molecule has 0 radical (unpaired) electrons. The lowest BCUT2D eigenvalue weighted by atomic mass is 9.85. The van der Waals surface area contributed by atoms with Crippen LogP contribution in [-0.4, -0.2) is 18.3 Å². The lowest BCUT2D eigenvalue weighted by molar-refractivity contribution is -0.178. The molecule has 0 bridgehead atoms. The summed E-state index contributed by atoms with van der Waals surface area (Å²) in [5, 5.41) is 2.51. The van der Waals surface area contributed by atoms with Crippen molar-refractivity contribution in [3.8, 4) is 0 Å². The van der Waals surface area contributed by atoms with Gasteiger partial charge < -0.3 is 5.32 Å². The van der Waals surface area contributed by atoms with Crippen LogP contribution in [0.2, 0.25) is 5.02 Å². The van der Waals surface area contributed by atoms with Crippen molar-refractivity contribution < 1.29 is 31.1 Å². The van der Waals surface area contributed by atoms with Crippen molar-refractivity contribution in [1.29, 1.82) is 0 Å². The van der Waals surface area contributed by atoms with E-state index in [0.29, 0.717) is 0 Å². The van der Waals surface area contributed by atoms with Crippen molar-refractivity contribution in [3.63, 3.8) is 0 Å². The van der Waals surface area contributed by atoms with Crippen LogP contribution < -0.4 is 5.32 Å². The van der Waals surface area contributed by atoms with E-state index in [9.17, 15) is 31.1 Å². The Balaban J connectivity index is 2.34. The molecule has 1 amide bonds. The van der Waals surface area contributed by atoms with Gasteiger partial charge in [-0.2, -0.15) is 26.3 Å². The van der Waals surface area contributed by atoms with E-state index in [4.69, 9.17) is 11.6 Å². The lowest BCUT2D eigenvalue weighted by Crippen LogP contribution is -2.34. The van der Waals surface area contributed by atoms with E-state index >= 15 is 0 Å². The zero-order valence-corrected chi connectivity index (χ0v) is 15.3. The van der Waals surface area contributed by atoms with Crippen LogP contribution >= 0.6 is 11.6 Å². The average molecular weight is 424 g/mol. The maximum absolute atomic E-state index is 13.3. The summed E-state index contributed by atoms with van der Waals surface area (Å²) in [7, 11) is 0. The zero-order chi connectivity index (χ0) is 21.1. The molecule has 2 aromatic carbocycles. The summed E-state index contributed by atoms with van der Waals surface area (Å²) in [6, 6.07) is 10.4. The van der Waals surface area contributed by atoms with Gasteiger partial charge in [0, 0.05) is 0 Å². The van der Waals surface area contributed by atoms with Crippen LogP contribution in [0, 0.1) is 5.92 Å². The summed E-state index contributed by atoms with van der Waals surface area (Å²) in [6.07, 6.45) is -10.3. The topological polar surface area (TPSA) is 29.1 Å². The quantitative estimate of drug-likeness (QED) is 0.556. The Morgan fingerprint density at radius 2 is 1.57 bits per heavy atom. The number of amides is 1. The smallest absolute Gasteiger partial charge is 0.324 e. The van der Waals surface area contributed by atoms with E-state index in [1.54, 1.807) is 12.1 Å². The highest BCUT2D eigenvalue weighted by atomic mass is 35.5. The van der Waals surface area contributed by atoms with Gasteiger partial charge in [0.1, 0.15) is 0 Å². The first-order valence-electron chi connectivity index (χ1n) is 8.16. The molecule has 1 N–H and O–H groups in total. The molecule has 0 fully saturated rings. The number of alkyl halides is 6. The van der Waals surface area contributed by atoms with E-state index in [0.717, 1.165) is 31.2 Å². The first kappa shape index (κ1) is 22.1. The third-order valence-corrected chi connectivity index (χ3v) is 4.50. The molecule has 9 heteroatoms. The van der Waals surface area contributed by atoms with Crippen molar-refractivity contribution >= 4 is 23.2 Å². The van der Waals surface area contributed by atoms with Gasteiger partial charge in [0.2, 0.25) is 5.91 Å². The van der Waals surface area contributed by atoms with Crippen LogP contribution in [0.25, 0.3) is 0 Å². The molecule has 2 nitrogen and oxygen atoms in total. The number of anilines is 1. The molecule has 0 aliphatic heterocycles. The molecular formula is C19H16ClF6NO. The van der Waals surface area contributed by atoms with Gasteiger partial charge in [-0.25, -0.2) is 0 Å². The van der Waals surface area contributed by atoms with Gasteiger partial charge in [0.15, 0.2) is 0 Å². The monoisotopic (exact) mass is 423 g/mol. The number of nitrogens with one attached hydrogen (secondary N) is 1. The second kappa shape index (κ2) is 8.43. The summed E-state index contributed by atoms with van der Waals surface area (Å²) >= 11 is 5.93. The first-order valence-corrected chi connectivity index (χ1v) is 8.54. The largest absolute Gasteiger partial charge is 0.393 e. The number of rotatable bonds is 5. The highest BCUT2D eigenvalue weighted by Crippen LogP contribution is 2.38. The fourth-order valence-electron chi connectivity index (χ4n) is 2.70. The predicted molar refractivity (Wildman–Crippen MR) is 94.2 cm³/mol. The summed E-state index contributed by atoms with van der Waals surface area (Å²) in [5.41, 5.74) is -0.0105. The molecule has 0 aliphatic carbocycles. The molecule has 0 aliphatic rings. The maximum Gasteiger partial charge on any atom is 0.393 e. The van der Waals surface area contributed by atoms with Crippen molar-refractivity contribution in [2.75, 3.05) is 5.32 Å². The Kier molecular flexibility index (Phi) is 6.64. The summed E-state index contributed by atoms with van der Waals surface area (Å²) in [5.74, 6) is -4.68. The number of halogens is 7. The second-order valence-corrected chi connectivity index (χ2v) is 6.72. The lowest BCUT2D eigenvalue weighted by Gasteiger charge is -2.26. The fraction of sp³-hybridized carbons (Fsp3) is 0.316. The van der Waals surface area contributed by atoms with Crippen molar-refractivity contribution in [2.45, 2.75) is 31.6 Å². The molecule has 152 valence electrons. The van der Waals surface area contributed by atoms with Crippen LogP contribution in [0.5, 0.6) is 0 Å². The number of hydrogen-bond acceptors (Lipinski definition) is 1. The standard InChI is InChI=1S/C19H16ClF6NO/c1-11(19(24,25)26)16(17(28)27-15-5-3-2-4-14(15)20)13-8-6-12(7-9-13)10-18(21,22)23/h2-9,11,16H,10H2,1H3,(H,27,28). The highest BCUT2D eigenvalue weighted by Gasteiger charge is 2.45. The van der Waals surface area contributed by atoms with E-state index in [1.807, 2.05) is 0 Å². The van der Waals surface area contributed by atoms with Crippen LogP contribution in [0.1, 0.15) is 24.0 Å². The highest BCUT2D eigenvalue weighted by molar-refractivity contribution is 6.33. The van der Waals surface area contributed by atoms with Gasteiger partial charge >= 0.3 is 12.4 Å².